The fraction of sp³-hybridized carbons (Fsp3) is 0.167. The SMILES string of the molecule is COc1cc(Br)cc(C=Nc2cc(C)on2)c1O. The van der Waals surface area contributed by atoms with E-state index in [2.05, 4.69) is 26.1 Å². The van der Waals surface area contributed by atoms with Crippen molar-refractivity contribution in [3.8, 4) is 11.5 Å². The number of aliphatic imine (C=N–C) groups is 1. The molecule has 1 aromatic carbocycles. The van der Waals surface area contributed by atoms with Crippen LogP contribution in [0.5, 0.6) is 11.5 Å². The van der Waals surface area contributed by atoms with Crippen LogP contribution in [0.2, 0.25) is 0 Å². The number of aryl methyl sites for hydroxylation is 1. The van der Waals surface area contributed by atoms with E-state index >= 15 is 0 Å². The van der Waals surface area contributed by atoms with Crippen LogP contribution in [0.15, 0.2) is 32.2 Å². The number of methoxy groups -OCH3 is 1. The molecule has 2 rings (SSSR count). The molecule has 6 heteroatoms. The highest BCUT2D eigenvalue weighted by Crippen LogP contribution is 2.32. The molecule has 0 aliphatic heterocycles. The number of aromatic hydroxyl groups is 1. The quantitative estimate of drug-likeness (QED) is 0.884. The topological polar surface area (TPSA) is 67.9 Å². The number of benzene rings is 1. The van der Waals surface area contributed by atoms with E-state index in [0.29, 0.717) is 22.9 Å². The summed E-state index contributed by atoms with van der Waals surface area (Å²) in [6.07, 6.45) is 1.50. The molecule has 0 atom stereocenters. The Hall–Kier alpha value is -1.82. The molecule has 0 saturated carbocycles. The molecule has 1 heterocycles. The standard InChI is InChI=1S/C12H11BrN2O3/c1-7-3-11(15-18-7)14-6-8-4-9(13)5-10(17-2)12(8)16/h3-6,16H,1-2H3. The van der Waals surface area contributed by atoms with Gasteiger partial charge in [-0.1, -0.05) is 21.1 Å². The van der Waals surface area contributed by atoms with Crippen molar-refractivity contribution in [1.82, 2.24) is 5.16 Å². The molecular weight excluding hydrogens is 300 g/mol. The summed E-state index contributed by atoms with van der Waals surface area (Å²) in [6, 6.07) is 5.10. The van der Waals surface area contributed by atoms with E-state index in [9.17, 15) is 5.11 Å². The Morgan fingerprint density at radius 3 is 2.83 bits per heavy atom. The summed E-state index contributed by atoms with van der Waals surface area (Å²) in [5.74, 6) is 1.54. The Morgan fingerprint density at radius 1 is 1.44 bits per heavy atom. The zero-order valence-corrected chi connectivity index (χ0v) is 11.4. The predicted octanol–water partition coefficient (Wildman–Crippen LogP) is 3.21. The van der Waals surface area contributed by atoms with Crippen molar-refractivity contribution in [2.75, 3.05) is 7.11 Å². The highest BCUT2D eigenvalue weighted by Gasteiger charge is 2.08. The number of nitrogens with zero attached hydrogens (tertiary/aromatic N) is 2. The summed E-state index contributed by atoms with van der Waals surface area (Å²) < 4.78 is 10.7. The van der Waals surface area contributed by atoms with Crippen LogP contribution in [0.4, 0.5) is 5.82 Å². The van der Waals surface area contributed by atoms with Gasteiger partial charge in [-0.3, -0.25) is 0 Å². The van der Waals surface area contributed by atoms with Crippen LogP contribution in [-0.4, -0.2) is 23.6 Å². The van der Waals surface area contributed by atoms with Gasteiger partial charge < -0.3 is 14.4 Å². The molecule has 1 aromatic heterocycles. The number of hydrogen-bond donors (Lipinski definition) is 1. The van der Waals surface area contributed by atoms with Crippen molar-refractivity contribution in [3.63, 3.8) is 0 Å². The van der Waals surface area contributed by atoms with Gasteiger partial charge >= 0.3 is 0 Å². The number of aromatic nitrogens is 1. The number of phenolic OH excluding ortho intramolecular Hbond substituents is 1. The van der Waals surface area contributed by atoms with E-state index in [1.165, 1.54) is 13.3 Å². The van der Waals surface area contributed by atoms with Crippen molar-refractivity contribution in [2.45, 2.75) is 6.92 Å². The molecule has 0 fully saturated rings. The van der Waals surface area contributed by atoms with Gasteiger partial charge in [-0.05, 0) is 19.1 Å². The third kappa shape index (κ3) is 2.70. The predicted molar refractivity (Wildman–Crippen MR) is 70.9 cm³/mol. The van der Waals surface area contributed by atoms with E-state index < -0.39 is 0 Å². The van der Waals surface area contributed by atoms with Gasteiger partial charge in [0.2, 0.25) is 0 Å². The minimum Gasteiger partial charge on any atom is -0.504 e. The van der Waals surface area contributed by atoms with E-state index in [0.717, 1.165) is 4.47 Å². The van der Waals surface area contributed by atoms with Crippen LogP contribution in [0, 0.1) is 6.92 Å². The summed E-state index contributed by atoms with van der Waals surface area (Å²) in [5.41, 5.74) is 0.530. The second kappa shape index (κ2) is 5.22. The van der Waals surface area contributed by atoms with Crippen molar-refractivity contribution < 1.29 is 14.4 Å². The maximum Gasteiger partial charge on any atom is 0.195 e. The largest absolute Gasteiger partial charge is 0.504 e. The zero-order valence-electron chi connectivity index (χ0n) is 9.85. The Balaban J connectivity index is 2.34. The second-order valence-corrected chi connectivity index (χ2v) is 4.52. The highest BCUT2D eigenvalue weighted by atomic mass is 79.9. The minimum absolute atomic E-state index is 0.0321. The summed E-state index contributed by atoms with van der Waals surface area (Å²) in [6.45, 7) is 1.78. The molecule has 0 amide bonds. The van der Waals surface area contributed by atoms with Crippen LogP contribution in [-0.2, 0) is 0 Å². The number of phenols is 1. The lowest BCUT2D eigenvalue weighted by atomic mass is 10.2. The first-order chi connectivity index (χ1) is 8.60. The molecule has 0 saturated heterocycles. The van der Waals surface area contributed by atoms with E-state index in [1.54, 1.807) is 25.1 Å². The average molecular weight is 311 g/mol. The van der Waals surface area contributed by atoms with Crippen LogP contribution in [0.3, 0.4) is 0 Å². The van der Waals surface area contributed by atoms with Crippen LogP contribution >= 0.6 is 15.9 Å². The molecule has 0 bridgehead atoms. The lowest BCUT2D eigenvalue weighted by Crippen LogP contribution is -1.89. The van der Waals surface area contributed by atoms with Crippen molar-refractivity contribution in [1.29, 1.82) is 0 Å². The van der Waals surface area contributed by atoms with E-state index in [4.69, 9.17) is 9.26 Å². The lowest BCUT2D eigenvalue weighted by Gasteiger charge is -2.06. The van der Waals surface area contributed by atoms with Gasteiger partial charge in [0.25, 0.3) is 0 Å². The fourth-order valence-electron chi connectivity index (χ4n) is 1.40. The molecule has 0 spiro atoms. The van der Waals surface area contributed by atoms with Gasteiger partial charge in [-0.2, -0.15) is 0 Å². The van der Waals surface area contributed by atoms with Gasteiger partial charge in [-0.15, -0.1) is 0 Å². The van der Waals surface area contributed by atoms with E-state index in [-0.39, 0.29) is 5.75 Å². The van der Waals surface area contributed by atoms with Crippen LogP contribution in [0.25, 0.3) is 0 Å². The summed E-state index contributed by atoms with van der Waals surface area (Å²) in [4.78, 5) is 4.11. The summed E-state index contributed by atoms with van der Waals surface area (Å²) >= 11 is 3.33. The van der Waals surface area contributed by atoms with Gasteiger partial charge in [0.05, 0.1) is 7.11 Å². The van der Waals surface area contributed by atoms with Gasteiger partial charge in [0.15, 0.2) is 17.3 Å². The molecule has 0 aliphatic carbocycles. The van der Waals surface area contributed by atoms with Gasteiger partial charge in [-0.25, -0.2) is 4.99 Å². The minimum atomic E-state index is 0.0321. The first-order valence-electron chi connectivity index (χ1n) is 5.14. The molecular formula is C12H11BrN2O3. The summed E-state index contributed by atoms with van der Waals surface area (Å²) in [7, 11) is 1.49. The second-order valence-electron chi connectivity index (χ2n) is 3.60. The first-order valence-corrected chi connectivity index (χ1v) is 5.93. The normalized spacial score (nSPS) is 11.1. The number of rotatable bonds is 3. The first kappa shape index (κ1) is 12.6. The lowest BCUT2D eigenvalue weighted by molar-refractivity contribution is 0.373. The molecule has 1 N–H and O–H groups in total. The van der Waals surface area contributed by atoms with Crippen molar-refractivity contribution in [3.05, 3.63) is 34.0 Å². The summed E-state index contributed by atoms with van der Waals surface area (Å²) in [5, 5.41) is 13.6. The van der Waals surface area contributed by atoms with E-state index in [1.807, 2.05) is 0 Å². The zero-order chi connectivity index (χ0) is 13.1. The maximum atomic E-state index is 9.92. The molecule has 94 valence electrons. The Bertz CT molecular complexity index is 593. The third-order valence-electron chi connectivity index (χ3n) is 2.24. The Labute approximate surface area is 112 Å². The third-order valence-corrected chi connectivity index (χ3v) is 2.70. The Morgan fingerprint density at radius 2 is 2.22 bits per heavy atom. The van der Waals surface area contributed by atoms with Gasteiger partial charge in [0, 0.05) is 22.3 Å². The molecule has 0 aliphatic rings. The maximum absolute atomic E-state index is 9.92. The fourth-order valence-corrected chi connectivity index (χ4v) is 1.85. The number of hydrogen-bond acceptors (Lipinski definition) is 5. The van der Waals surface area contributed by atoms with Crippen molar-refractivity contribution in [2.24, 2.45) is 4.99 Å². The Kier molecular flexibility index (Phi) is 3.66. The smallest absolute Gasteiger partial charge is 0.195 e. The molecule has 5 nitrogen and oxygen atoms in total. The van der Waals surface area contributed by atoms with Crippen molar-refractivity contribution >= 4 is 28.0 Å². The van der Waals surface area contributed by atoms with Crippen LogP contribution in [0.1, 0.15) is 11.3 Å². The monoisotopic (exact) mass is 310 g/mol. The molecule has 18 heavy (non-hydrogen) atoms. The van der Waals surface area contributed by atoms with Gasteiger partial charge in [0.1, 0.15) is 5.76 Å². The number of halogens is 1. The molecule has 0 unspecified atom stereocenters. The average Bonchev–Trinajstić information content (AvgIpc) is 2.75. The van der Waals surface area contributed by atoms with Crippen LogP contribution < -0.4 is 4.74 Å². The molecule has 2 aromatic rings. The number of ether oxygens (including phenoxy) is 1. The highest BCUT2D eigenvalue weighted by molar-refractivity contribution is 9.10. The molecule has 0 radical (unpaired) electrons.